The quantitative estimate of drug-likeness (QED) is 0.312. The molecule has 0 saturated heterocycles. The van der Waals surface area contributed by atoms with Gasteiger partial charge in [-0.1, -0.05) is 23.7 Å². The minimum atomic E-state index is -0.789. The average molecular weight is 525 g/mol. The van der Waals surface area contributed by atoms with Crippen LogP contribution in [0.1, 0.15) is 16.1 Å². The number of methoxy groups -OCH3 is 1. The molecular formula is C24H21ClN6O6. The first-order valence-corrected chi connectivity index (χ1v) is 11.3. The highest BCUT2D eigenvalue weighted by Crippen LogP contribution is 2.22. The summed E-state index contributed by atoms with van der Waals surface area (Å²) in [5.41, 5.74) is -0.0834. The number of carbonyl (C=O) groups is 1. The molecule has 0 saturated carbocycles. The fraction of sp³-hybridized carbons (Fsp3) is 0.167. The summed E-state index contributed by atoms with van der Waals surface area (Å²) in [4.78, 5) is 48.9. The van der Waals surface area contributed by atoms with Crippen molar-refractivity contribution in [2.45, 2.75) is 13.1 Å². The van der Waals surface area contributed by atoms with Crippen molar-refractivity contribution in [1.82, 2.24) is 24.1 Å². The Kier molecular flexibility index (Phi) is 7.91. The first-order chi connectivity index (χ1) is 17.9. The molecule has 4 aromatic rings. The fourth-order valence-corrected chi connectivity index (χ4v) is 3.39. The highest BCUT2D eigenvalue weighted by molar-refractivity contribution is 6.30. The van der Waals surface area contributed by atoms with E-state index in [0.717, 1.165) is 10.1 Å². The molecule has 0 bridgehead atoms. The van der Waals surface area contributed by atoms with Crippen molar-refractivity contribution < 1.29 is 19.4 Å². The van der Waals surface area contributed by atoms with Gasteiger partial charge in [-0.05, 0) is 42.0 Å². The summed E-state index contributed by atoms with van der Waals surface area (Å²) in [6.45, 7) is -0.457. The lowest BCUT2D eigenvalue weighted by atomic mass is 10.2. The van der Waals surface area contributed by atoms with E-state index in [1.807, 2.05) is 0 Å². The van der Waals surface area contributed by atoms with Gasteiger partial charge < -0.3 is 19.9 Å². The maximum Gasteiger partial charge on any atom is 0.358 e. The first-order valence-electron chi connectivity index (χ1n) is 10.9. The lowest BCUT2D eigenvalue weighted by Crippen LogP contribution is -2.43. The SMILES string of the molecule is COC(=O)c1cnc(Oc2ccc(Nc3nc(=O)n(CCO)c(=O)n3Cc3ccc(Cl)cc3)cc2)cn1. The number of aromatic nitrogens is 5. The first kappa shape index (κ1) is 25.5. The van der Waals surface area contributed by atoms with Crippen LogP contribution in [0.3, 0.4) is 0 Å². The minimum Gasteiger partial charge on any atom is -0.464 e. The molecule has 2 aromatic carbocycles. The summed E-state index contributed by atoms with van der Waals surface area (Å²) in [6.07, 6.45) is 2.53. The van der Waals surface area contributed by atoms with Crippen LogP contribution in [0.2, 0.25) is 5.02 Å². The van der Waals surface area contributed by atoms with Crippen molar-refractivity contribution in [2.75, 3.05) is 19.0 Å². The van der Waals surface area contributed by atoms with Gasteiger partial charge in [0.25, 0.3) is 0 Å². The summed E-state index contributed by atoms with van der Waals surface area (Å²) < 4.78 is 12.4. The monoisotopic (exact) mass is 524 g/mol. The van der Waals surface area contributed by atoms with Gasteiger partial charge in [0.2, 0.25) is 11.8 Å². The zero-order valence-corrected chi connectivity index (χ0v) is 20.3. The Labute approximate surface area is 214 Å². The summed E-state index contributed by atoms with van der Waals surface area (Å²) in [5.74, 6) is 0.00796. The van der Waals surface area contributed by atoms with E-state index in [-0.39, 0.29) is 37.2 Å². The van der Waals surface area contributed by atoms with Gasteiger partial charge in [-0.3, -0.25) is 4.57 Å². The Morgan fingerprint density at radius 1 is 1.03 bits per heavy atom. The van der Waals surface area contributed by atoms with Gasteiger partial charge in [-0.25, -0.2) is 28.9 Å². The Balaban J connectivity index is 1.57. The third kappa shape index (κ3) is 6.18. The molecule has 190 valence electrons. The molecule has 0 fully saturated rings. The van der Waals surface area contributed by atoms with Crippen LogP contribution < -0.4 is 21.4 Å². The van der Waals surface area contributed by atoms with Gasteiger partial charge in [0.05, 0.1) is 39.2 Å². The number of benzene rings is 2. The Bertz CT molecular complexity index is 1500. The topological polar surface area (TPSA) is 150 Å². The third-order valence-electron chi connectivity index (χ3n) is 5.08. The van der Waals surface area contributed by atoms with Crippen LogP contribution in [0.5, 0.6) is 11.6 Å². The van der Waals surface area contributed by atoms with Gasteiger partial charge >= 0.3 is 17.3 Å². The second-order valence-electron chi connectivity index (χ2n) is 7.57. The molecule has 0 aliphatic carbocycles. The number of anilines is 2. The number of rotatable bonds is 9. The number of aliphatic hydroxyl groups excluding tert-OH is 1. The number of carbonyl (C=O) groups excluding carboxylic acids is 1. The lowest BCUT2D eigenvalue weighted by Gasteiger charge is -2.15. The highest BCUT2D eigenvalue weighted by atomic mass is 35.5. The molecule has 13 heteroatoms. The molecule has 0 amide bonds. The zero-order valence-electron chi connectivity index (χ0n) is 19.5. The van der Waals surface area contributed by atoms with E-state index in [4.69, 9.17) is 16.3 Å². The van der Waals surface area contributed by atoms with Crippen LogP contribution in [0.15, 0.2) is 70.5 Å². The Morgan fingerprint density at radius 3 is 2.38 bits per heavy atom. The summed E-state index contributed by atoms with van der Waals surface area (Å²) >= 11 is 5.96. The third-order valence-corrected chi connectivity index (χ3v) is 5.34. The van der Waals surface area contributed by atoms with Crippen LogP contribution in [0.25, 0.3) is 0 Å². The molecule has 0 radical (unpaired) electrons. The Morgan fingerprint density at radius 2 is 1.76 bits per heavy atom. The fourth-order valence-electron chi connectivity index (χ4n) is 3.27. The van der Waals surface area contributed by atoms with E-state index >= 15 is 0 Å². The van der Waals surface area contributed by atoms with Crippen molar-refractivity contribution in [1.29, 1.82) is 0 Å². The van der Waals surface area contributed by atoms with Crippen molar-refractivity contribution in [2.24, 2.45) is 0 Å². The van der Waals surface area contributed by atoms with Gasteiger partial charge in [0.1, 0.15) is 5.75 Å². The number of nitrogens with zero attached hydrogens (tertiary/aromatic N) is 5. The second-order valence-corrected chi connectivity index (χ2v) is 8.01. The highest BCUT2D eigenvalue weighted by Gasteiger charge is 2.14. The van der Waals surface area contributed by atoms with Crippen LogP contribution in [-0.2, 0) is 17.8 Å². The standard InChI is InChI=1S/C24H21ClN6O6/c1-36-21(33)19-12-27-20(13-26-19)37-18-8-6-17(7-9-18)28-22-29-23(34)30(10-11-32)24(35)31(22)14-15-2-4-16(25)5-3-15/h2-9,12-13,32H,10-11,14H2,1H3,(H,28,29,34). The van der Waals surface area contributed by atoms with Crippen molar-refractivity contribution >= 4 is 29.2 Å². The summed E-state index contributed by atoms with van der Waals surface area (Å²) in [7, 11) is 1.25. The van der Waals surface area contributed by atoms with Crippen molar-refractivity contribution in [3.05, 3.63) is 98.2 Å². The number of aliphatic hydroxyl groups is 1. The van der Waals surface area contributed by atoms with Gasteiger partial charge in [-0.15, -0.1) is 0 Å². The smallest absolute Gasteiger partial charge is 0.358 e. The molecule has 0 atom stereocenters. The summed E-state index contributed by atoms with van der Waals surface area (Å²) in [5, 5.41) is 12.8. The van der Waals surface area contributed by atoms with Crippen LogP contribution in [0.4, 0.5) is 11.6 Å². The number of halogens is 1. The van der Waals surface area contributed by atoms with Crippen molar-refractivity contribution in [3.8, 4) is 11.6 Å². The molecule has 12 nitrogen and oxygen atoms in total. The number of nitrogens with one attached hydrogen (secondary N) is 1. The molecule has 2 aromatic heterocycles. The van der Waals surface area contributed by atoms with E-state index < -0.39 is 17.3 Å². The maximum absolute atomic E-state index is 13.1. The van der Waals surface area contributed by atoms with Crippen LogP contribution >= 0.6 is 11.6 Å². The predicted molar refractivity (Wildman–Crippen MR) is 134 cm³/mol. The molecule has 37 heavy (non-hydrogen) atoms. The molecule has 0 spiro atoms. The van der Waals surface area contributed by atoms with Crippen LogP contribution in [0, 0.1) is 0 Å². The number of hydrogen-bond donors (Lipinski definition) is 2. The molecule has 2 N–H and O–H groups in total. The average Bonchev–Trinajstić information content (AvgIpc) is 2.91. The van der Waals surface area contributed by atoms with Crippen LogP contribution in [-0.4, -0.2) is 48.9 Å². The summed E-state index contributed by atoms with van der Waals surface area (Å²) in [6, 6.07) is 13.5. The molecule has 2 heterocycles. The van der Waals surface area contributed by atoms with Gasteiger partial charge in [0.15, 0.2) is 5.69 Å². The normalized spacial score (nSPS) is 10.7. The zero-order chi connectivity index (χ0) is 26.4. The maximum atomic E-state index is 13.1. The number of esters is 1. The van der Waals surface area contributed by atoms with E-state index in [2.05, 4.69) is 25.0 Å². The number of ether oxygens (including phenoxy) is 2. The van der Waals surface area contributed by atoms with Crippen molar-refractivity contribution in [3.63, 3.8) is 0 Å². The molecule has 0 aliphatic rings. The van der Waals surface area contributed by atoms with E-state index in [1.165, 1.54) is 24.1 Å². The minimum absolute atomic E-state index is 0.0251. The van der Waals surface area contributed by atoms with Gasteiger partial charge in [0, 0.05) is 10.7 Å². The lowest BCUT2D eigenvalue weighted by molar-refractivity contribution is 0.0593. The molecular weight excluding hydrogens is 504 g/mol. The molecule has 4 rings (SSSR count). The van der Waals surface area contributed by atoms with Gasteiger partial charge in [-0.2, -0.15) is 4.98 Å². The predicted octanol–water partition coefficient (Wildman–Crippen LogP) is 2.21. The van der Waals surface area contributed by atoms with E-state index in [9.17, 15) is 19.5 Å². The van der Waals surface area contributed by atoms with E-state index in [1.54, 1.807) is 48.5 Å². The largest absolute Gasteiger partial charge is 0.464 e. The molecule has 0 aliphatic heterocycles. The second kappa shape index (κ2) is 11.5. The number of hydrogen-bond acceptors (Lipinski definition) is 10. The van der Waals surface area contributed by atoms with E-state index in [0.29, 0.717) is 16.5 Å². The Hall–Kier alpha value is -4.55. The molecule has 0 unspecified atom stereocenters.